The number of carbonyl (C=O) groups excluding carboxylic acids is 2. The number of hydrogen-bond acceptors (Lipinski definition) is 5. The Balaban J connectivity index is 1.62. The lowest BCUT2D eigenvalue weighted by atomic mass is 10.1. The molecule has 3 heterocycles. The molecule has 0 bridgehead atoms. The summed E-state index contributed by atoms with van der Waals surface area (Å²) in [5.41, 5.74) is 1.70. The Morgan fingerprint density at radius 3 is 3.04 bits per heavy atom. The number of likely N-dealkylation sites (tertiary alicyclic amines) is 1. The summed E-state index contributed by atoms with van der Waals surface area (Å²) in [6, 6.07) is 3.77. The van der Waals surface area contributed by atoms with Gasteiger partial charge in [0.05, 0.1) is 11.6 Å². The molecule has 7 heteroatoms. The van der Waals surface area contributed by atoms with Crippen molar-refractivity contribution in [1.82, 2.24) is 14.9 Å². The van der Waals surface area contributed by atoms with Gasteiger partial charge in [-0.05, 0) is 18.1 Å². The van der Waals surface area contributed by atoms with E-state index in [0.29, 0.717) is 24.1 Å². The second kappa shape index (κ2) is 7.09. The van der Waals surface area contributed by atoms with Crippen molar-refractivity contribution in [1.29, 1.82) is 0 Å². The summed E-state index contributed by atoms with van der Waals surface area (Å²) < 4.78 is 0. The van der Waals surface area contributed by atoms with Gasteiger partial charge in [0.15, 0.2) is 5.13 Å². The fourth-order valence-electron chi connectivity index (χ4n) is 2.75. The molecule has 1 saturated heterocycles. The van der Waals surface area contributed by atoms with E-state index in [1.165, 1.54) is 11.3 Å². The average Bonchev–Trinajstić information content (AvgIpc) is 3.15. The smallest absolute Gasteiger partial charge is 0.231 e. The minimum Gasteiger partial charge on any atom is -0.342 e. The van der Waals surface area contributed by atoms with Crippen molar-refractivity contribution in [2.45, 2.75) is 20.3 Å². The third-order valence-corrected chi connectivity index (χ3v) is 4.62. The summed E-state index contributed by atoms with van der Waals surface area (Å²) in [6.07, 6.45) is 3.72. The van der Waals surface area contributed by atoms with Gasteiger partial charge < -0.3 is 10.2 Å². The number of nitrogens with one attached hydrogen (secondary N) is 1. The Bertz CT molecular complexity index is 729. The van der Waals surface area contributed by atoms with Gasteiger partial charge in [0.2, 0.25) is 11.8 Å². The maximum atomic E-state index is 12.4. The number of amides is 2. The maximum Gasteiger partial charge on any atom is 0.231 e. The van der Waals surface area contributed by atoms with E-state index in [9.17, 15) is 9.59 Å². The first-order chi connectivity index (χ1) is 11.5. The number of nitrogens with zero attached hydrogens (tertiary/aromatic N) is 3. The van der Waals surface area contributed by atoms with Crippen molar-refractivity contribution < 1.29 is 9.59 Å². The van der Waals surface area contributed by atoms with Crippen molar-refractivity contribution in [3.05, 3.63) is 29.9 Å². The van der Waals surface area contributed by atoms with Crippen LogP contribution in [0.3, 0.4) is 0 Å². The van der Waals surface area contributed by atoms with Gasteiger partial charge in [-0.2, -0.15) is 0 Å². The Hall–Kier alpha value is -2.28. The van der Waals surface area contributed by atoms with Crippen LogP contribution in [0.15, 0.2) is 29.9 Å². The van der Waals surface area contributed by atoms with Gasteiger partial charge in [-0.15, -0.1) is 11.3 Å². The fourth-order valence-corrected chi connectivity index (χ4v) is 3.47. The van der Waals surface area contributed by atoms with Crippen LogP contribution < -0.4 is 5.32 Å². The van der Waals surface area contributed by atoms with Crippen molar-refractivity contribution in [2.75, 3.05) is 18.4 Å². The third-order valence-electron chi connectivity index (χ3n) is 3.86. The van der Waals surface area contributed by atoms with E-state index < -0.39 is 0 Å². The normalized spacial score (nSPS) is 17.5. The van der Waals surface area contributed by atoms with E-state index in [1.807, 2.05) is 17.5 Å². The van der Waals surface area contributed by atoms with Crippen LogP contribution in [-0.4, -0.2) is 39.8 Å². The monoisotopic (exact) mass is 344 g/mol. The Morgan fingerprint density at radius 2 is 2.33 bits per heavy atom. The lowest BCUT2D eigenvalue weighted by Gasteiger charge is -2.18. The zero-order valence-corrected chi connectivity index (χ0v) is 14.5. The van der Waals surface area contributed by atoms with Crippen molar-refractivity contribution in [3.63, 3.8) is 0 Å². The predicted octanol–water partition coefficient (Wildman–Crippen LogP) is 2.65. The molecule has 126 valence electrons. The van der Waals surface area contributed by atoms with Crippen molar-refractivity contribution >= 4 is 28.3 Å². The molecule has 2 aromatic rings. The van der Waals surface area contributed by atoms with Crippen LogP contribution in [0.4, 0.5) is 5.13 Å². The van der Waals surface area contributed by atoms with E-state index in [-0.39, 0.29) is 24.2 Å². The zero-order chi connectivity index (χ0) is 17.1. The molecule has 1 N–H and O–H groups in total. The van der Waals surface area contributed by atoms with Crippen LogP contribution in [0.1, 0.15) is 20.3 Å². The molecule has 1 fully saturated rings. The number of carbonyl (C=O) groups is 2. The van der Waals surface area contributed by atoms with Gasteiger partial charge in [-0.3, -0.25) is 14.6 Å². The third kappa shape index (κ3) is 3.79. The van der Waals surface area contributed by atoms with Gasteiger partial charge in [0, 0.05) is 42.8 Å². The summed E-state index contributed by atoms with van der Waals surface area (Å²) in [5, 5.41) is 5.27. The molecule has 0 aromatic carbocycles. The Morgan fingerprint density at radius 1 is 1.50 bits per heavy atom. The minimum absolute atomic E-state index is 0.0547. The highest BCUT2D eigenvalue weighted by atomic mass is 32.1. The number of aromatic nitrogens is 2. The standard InChI is InChI=1S/C17H20N4O2S/c1-11(2)8-21-9-13(6-15(21)22)16(23)20-17-19-14(10-24-17)12-4-3-5-18-7-12/h3-5,7,10-11,13H,6,8-9H2,1-2H3,(H,19,20,23)/t13-/m1/s1. The largest absolute Gasteiger partial charge is 0.342 e. The molecule has 1 aliphatic heterocycles. The van der Waals surface area contributed by atoms with Gasteiger partial charge in [-0.25, -0.2) is 4.98 Å². The zero-order valence-electron chi connectivity index (χ0n) is 13.7. The Kier molecular flexibility index (Phi) is 4.89. The molecule has 2 aromatic heterocycles. The van der Waals surface area contributed by atoms with Crippen molar-refractivity contribution in [3.8, 4) is 11.3 Å². The van der Waals surface area contributed by atoms with Gasteiger partial charge in [0.25, 0.3) is 0 Å². The lowest BCUT2D eigenvalue weighted by molar-refractivity contribution is -0.128. The van der Waals surface area contributed by atoms with Crippen LogP contribution in [0.25, 0.3) is 11.3 Å². The van der Waals surface area contributed by atoms with Gasteiger partial charge in [0.1, 0.15) is 0 Å². The average molecular weight is 344 g/mol. The number of hydrogen-bond donors (Lipinski definition) is 1. The first kappa shape index (κ1) is 16.6. The second-order valence-electron chi connectivity index (χ2n) is 6.36. The number of anilines is 1. The maximum absolute atomic E-state index is 12.4. The molecular weight excluding hydrogens is 324 g/mol. The molecule has 1 atom stereocenters. The summed E-state index contributed by atoms with van der Waals surface area (Å²) in [6.45, 7) is 5.32. The highest BCUT2D eigenvalue weighted by Crippen LogP contribution is 2.26. The highest BCUT2D eigenvalue weighted by Gasteiger charge is 2.34. The first-order valence-corrected chi connectivity index (χ1v) is 8.85. The van der Waals surface area contributed by atoms with Gasteiger partial charge >= 0.3 is 0 Å². The molecule has 6 nitrogen and oxygen atoms in total. The van der Waals surface area contributed by atoms with E-state index in [1.54, 1.807) is 17.3 Å². The van der Waals surface area contributed by atoms with E-state index in [0.717, 1.165) is 11.3 Å². The molecule has 0 radical (unpaired) electrons. The molecule has 0 saturated carbocycles. The van der Waals surface area contributed by atoms with Gasteiger partial charge in [-0.1, -0.05) is 13.8 Å². The number of thiazole rings is 1. The summed E-state index contributed by atoms with van der Waals surface area (Å²) in [7, 11) is 0. The summed E-state index contributed by atoms with van der Waals surface area (Å²) in [5.74, 6) is 0.0134. The number of rotatable bonds is 5. The molecule has 0 spiro atoms. The summed E-state index contributed by atoms with van der Waals surface area (Å²) >= 11 is 1.37. The van der Waals surface area contributed by atoms with Crippen molar-refractivity contribution in [2.24, 2.45) is 11.8 Å². The van der Waals surface area contributed by atoms with E-state index >= 15 is 0 Å². The van der Waals surface area contributed by atoms with Crippen LogP contribution in [-0.2, 0) is 9.59 Å². The highest BCUT2D eigenvalue weighted by molar-refractivity contribution is 7.14. The molecule has 0 aliphatic carbocycles. The van der Waals surface area contributed by atoms with Crippen LogP contribution in [0.5, 0.6) is 0 Å². The minimum atomic E-state index is -0.304. The van der Waals surface area contributed by atoms with E-state index in [2.05, 4.69) is 29.1 Å². The topological polar surface area (TPSA) is 75.2 Å². The Labute approximate surface area is 144 Å². The molecular formula is C17H20N4O2S. The SMILES string of the molecule is CC(C)CN1C[C@H](C(=O)Nc2nc(-c3cccnc3)cs2)CC1=O. The molecule has 3 rings (SSSR count). The lowest BCUT2D eigenvalue weighted by Crippen LogP contribution is -2.31. The van der Waals surface area contributed by atoms with Crippen LogP contribution in [0.2, 0.25) is 0 Å². The fraction of sp³-hybridized carbons (Fsp3) is 0.412. The molecule has 1 aliphatic rings. The molecule has 24 heavy (non-hydrogen) atoms. The van der Waals surface area contributed by atoms with Crippen LogP contribution >= 0.6 is 11.3 Å². The predicted molar refractivity (Wildman–Crippen MR) is 93.5 cm³/mol. The molecule has 2 amide bonds. The van der Waals surface area contributed by atoms with E-state index in [4.69, 9.17) is 0 Å². The molecule has 0 unspecified atom stereocenters. The first-order valence-electron chi connectivity index (χ1n) is 7.97. The summed E-state index contributed by atoms with van der Waals surface area (Å²) in [4.78, 5) is 34.7. The quantitative estimate of drug-likeness (QED) is 0.905. The second-order valence-corrected chi connectivity index (χ2v) is 7.22. The number of pyridine rings is 1. The van der Waals surface area contributed by atoms with Crippen LogP contribution in [0, 0.1) is 11.8 Å².